The Morgan fingerprint density at radius 1 is 1.31 bits per heavy atom. The summed E-state index contributed by atoms with van der Waals surface area (Å²) in [5, 5.41) is 13.4. The van der Waals surface area contributed by atoms with Gasteiger partial charge in [0.15, 0.2) is 0 Å². The number of aromatic nitrogens is 2. The van der Waals surface area contributed by atoms with Crippen LogP contribution in [-0.4, -0.2) is 33.0 Å². The van der Waals surface area contributed by atoms with Gasteiger partial charge in [-0.2, -0.15) is 0 Å². The number of aliphatic hydroxyl groups excluding tert-OH is 1. The van der Waals surface area contributed by atoms with Gasteiger partial charge in [-0.05, 0) is 56.9 Å². The number of hydrogen-bond acceptors (Lipinski definition) is 4. The Morgan fingerprint density at radius 2 is 2.00 bits per heavy atom. The number of hydrogen-bond donors (Lipinski definition) is 2. The third-order valence-electron chi connectivity index (χ3n) is 5.83. The second-order valence-electron chi connectivity index (χ2n) is 8.29. The number of fused-ring (bicyclic) bond motifs is 1. The van der Waals surface area contributed by atoms with Gasteiger partial charge in [0.1, 0.15) is 11.7 Å². The molecule has 32 heavy (non-hydrogen) atoms. The van der Waals surface area contributed by atoms with Gasteiger partial charge < -0.3 is 10.4 Å². The Balaban J connectivity index is 1.87. The van der Waals surface area contributed by atoms with Crippen molar-refractivity contribution in [2.75, 3.05) is 5.32 Å². The highest BCUT2D eigenvalue weighted by atomic mass is 19.3. The smallest absolute Gasteiger partial charge is 0.260 e. The first-order valence-electron chi connectivity index (χ1n) is 10.7. The normalized spacial score (nSPS) is 20.1. The van der Waals surface area contributed by atoms with Crippen LogP contribution in [0.2, 0.25) is 0 Å². The number of alkyl halides is 2. The first kappa shape index (κ1) is 23.7. The summed E-state index contributed by atoms with van der Waals surface area (Å²) in [6.45, 7) is 9.78. The lowest BCUT2D eigenvalue weighted by atomic mass is 9.94. The van der Waals surface area contributed by atoms with Crippen molar-refractivity contribution in [2.45, 2.75) is 59.5 Å². The van der Waals surface area contributed by atoms with Crippen LogP contribution in [0.3, 0.4) is 0 Å². The minimum Gasteiger partial charge on any atom is -0.389 e. The molecule has 0 spiro atoms. The van der Waals surface area contributed by atoms with Crippen LogP contribution >= 0.6 is 0 Å². The van der Waals surface area contributed by atoms with Gasteiger partial charge in [-0.1, -0.05) is 24.6 Å². The largest absolute Gasteiger partial charge is 0.389 e. The number of amides is 1. The Morgan fingerprint density at radius 3 is 2.56 bits per heavy atom. The average Bonchev–Trinajstić information content (AvgIpc) is 3.40. The van der Waals surface area contributed by atoms with E-state index in [1.807, 2.05) is 39.0 Å². The van der Waals surface area contributed by atoms with Crippen molar-refractivity contribution in [1.82, 2.24) is 9.97 Å². The van der Waals surface area contributed by atoms with Crippen LogP contribution in [0.5, 0.6) is 0 Å². The van der Waals surface area contributed by atoms with Crippen LogP contribution in [0.1, 0.15) is 53.0 Å². The number of pyridine rings is 2. The average molecular weight is 442 g/mol. The molecule has 2 heterocycles. The van der Waals surface area contributed by atoms with Crippen molar-refractivity contribution in [1.29, 1.82) is 0 Å². The molecule has 2 aromatic heterocycles. The van der Waals surface area contributed by atoms with E-state index in [9.17, 15) is 18.7 Å². The number of aliphatic hydroxyl groups is 1. The maximum atomic E-state index is 13.1. The molecular formula is C25H29F2N3O2. The van der Waals surface area contributed by atoms with E-state index in [-0.39, 0.29) is 5.82 Å². The standard InChI is InChI=1S/C25H29F2N3O2/c1-6-14(3)20(16(5)31)8-15(4)19(7-2)17-9-18-13-29-23(10-22(18)28-12-17)30-24(32)21-11-25(21,26)27/h7-10,12-13,16,21,31H,6,11H2,1-5H3,(H,29,30,32)/b15-8-,19-7+,20-14-/t16?,21-/m1/s1. The number of anilines is 1. The fraction of sp³-hybridized carbons (Fsp3) is 0.400. The quantitative estimate of drug-likeness (QED) is 0.542. The Hall–Kier alpha value is -2.93. The molecule has 2 atom stereocenters. The first-order chi connectivity index (χ1) is 15.1. The molecule has 0 aliphatic heterocycles. The van der Waals surface area contributed by atoms with E-state index in [0.29, 0.717) is 5.52 Å². The maximum Gasteiger partial charge on any atom is 0.260 e. The topological polar surface area (TPSA) is 75.1 Å². The van der Waals surface area contributed by atoms with Gasteiger partial charge in [0.05, 0.1) is 11.6 Å². The zero-order valence-corrected chi connectivity index (χ0v) is 19.0. The van der Waals surface area contributed by atoms with E-state index >= 15 is 0 Å². The van der Waals surface area contributed by atoms with Crippen LogP contribution in [0.4, 0.5) is 14.6 Å². The van der Waals surface area contributed by atoms with Crippen LogP contribution in [0.25, 0.3) is 16.5 Å². The minimum absolute atomic E-state index is 0.203. The Bertz CT molecular complexity index is 1130. The second-order valence-corrected chi connectivity index (χ2v) is 8.29. The first-order valence-corrected chi connectivity index (χ1v) is 10.7. The van der Waals surface area contributed by atoms with Crippen LogP contribution in [0.15, 0.2) is 53.4 Å². The number of allylic oxidation sites excluding steroid dienone is 4. The van der Waals surface area contributed by atoms with Crippen molar-refractivity contribution in [3.05, 3.63) is 59.0 Å². The Kier molecular flexibility index (Phi) is 6.88. The molecule has 1 amide bonds. The van der Waals surface area contributed by atoms with Crippen LogP contribution in [-0.2, 0) is 4.79 Å². The SMILES string of the molecule is C\C=C(/C(C)=C\C(=C(/C)CC)C(C)O)c1cnc2cc(NC(=O)[C@H]3CC3(F)F)ncc2c1. The summed E-state index contributed by atoms with van der Waals surface area (Å²) in [6, 6.07) is 3.52. The molecule has 2 N–H and O–H groups in total. The highest BCUT2D eigenvalue weighted by Gasteiger charge is 2.61. The molecule has 1 aliphatic carbocycles. The number of nitrogens with one attached hydrogen (secondary N) is 1. The molecule has 1 unspecified atom stereocenters. The summed E-state index contributed by atoms with van der Waals surface area (Å²) in [5.74, 6) is -4.71. The zero-order valence-electron chi connectivity index (χ0n) is 19.0. The second kappa shape index (κ2) is 9.28. The van der Waals surface area contributed by atoms with Gasteiger partial charge >= 0.3 is 0 Å². The molecule has 0 saturated heterocycles. The molecule has 1 fully saturated rings. The fourth-order valence-corrected chi connectivity index (χ4v) is 3.69. The maximum absolute atomic E-state index is 13.1. The van der Waals surface area contributed by atoms with E-state index in [2.05, 4.69) is 22.2 Å². The third kappa shape index (κ3) is 5.10. The van der Waals surface area contributed by atoms with Crippen LogP contribution < -0.4 is 5.32 Å². The van der Waals surface area contributed by atoms with Gasteiger partial charge in [-0.3, -0.25) is 9.78 Å². The fourth-order valence-electron chi connectivity index (χ4n) is 3.69. The molecule has 5 nitrogen and oxygen atoms in total. The van der Waals surface area contributed by atoms with Crippen LogP contribution in [0, 0.1) is 5.92 Å². The highest BCUT2D eigenvalue weighted by molar-refractivity contribution is 5.96. The van der Waals surface area contributed by atoms with Gasteiger partial charge in [0.2, 0.25) is 5.91 Å². The molecule has 2 aromatic rings. The lowest BCUT2D eigenvalue weighted by molar-refractivity contribution is -0.119. The molecule has 7 heteroatoms. The summed E-state index contributed by atoms with van der Waals surface area (Å²) in [5.41, 5.74) is 5.51. The predicted octanol–water partition coefficient (Wildman–Crippen LogP) is 5.68. The van der Waals surface area contributed by atoms with E-state index in [4.69, 9.17) is 0 Å². The number of carbonyl (C=O) groups is 1. The molecule has 0 radical (unpaired) electrons. The molecular weight excluding hydrogens is 412 g/mol. The summed E-state index contributed by atoms with van der Waals surface area (Å²) in [7, 11) is 0. The number of carbonyl (C=O) groups excluding carboxylic acids is 1. The van der Waals surface area contributed by atoms with Gasteiger partial charge in [0, 0.05) is 35.8 Å². The third-order valence-corrected chi connectivity index (χ3v) is 5.83. The molecule has 3 rings (SSSR count). The number of halogens is 2. The molecule has 170 valence electrons. The van der Waals surface area contributed by atoms with Crippen molar-refractivity contribution in [3.8, 4) is 0 Å². The summed E-state index contributed by atoms with van der Waals surface area (Å²) >= 11 is 0. The monoisotopic (exact) mass is 441 g/mol. The lowest BCUT2D eigenvalue weighted by Gasteiger charge is -2.14. The van der Waals surface area contributed by atoms with Gasteiger partial charge in [-0.25, -0.2) is 13.8 Å². The van der Waals surface area contributed by atoms with E-state index in [0.717, 1.165) is 39.7 Å². The number of rotatable bonds is 7. The zero-order chi connectivity index (χ0) is 23.6. The van der Waals surface area contributed by atoms with E-state index < -0.39 is 30.3 Å². The van der Waals surface area contributed by atoms with Gasteiger partial charge in [0.25, 0.3) is 5.92 Å². The summed E-state index contributed by atoms with van der Waals surface area (Å²) < 4.78 is 26.2. The van der Waals surface area contributed by atoms with Gasteiger partial charge in [-0.15, -0.1) is 0 Å². The molecule has 0 aromatic carbocycles. The molecule has 0 bridgehead atoms. The molecule has 1 aliphatic rings. The number of nitrogens with zero attached hydrogens (tertiary/aromatic N) is 2. The summed E-state index contributed by atoms with van der Waals surface area (Å²) in [6.07, 6.45) is 7.18. The Labute approximate surface area is 187 Å². The van der Waals surface area contributed by atoms with Crippen molar-refractivity contribution < 1.29 is 18.7 Å². The summed E-state index contributed by atoms with van der Waals surface area (Å²) in [4.78, 5) is 20.6. The predicted molar refractivity (Wildman–Crippen MR) is 123 cm³/mol. The highest BCUT2D eigenvalue weighted by Crippen LogP contribution is 2.49. The van der Waals surface area contributed by atoms with Crippen molar-refractivity contribution in [3.63, 3.8) is 0 Å². The van der Waals surface area contributed by atoms with E-state index in [1.165, 1.54) is 0 Å². The lowest BCUT2D eigenvalue weighted by Crippen LogP contribution is -2.18. The molecule has 1 saturated carbocycles. The minimum atomic E-state index is -2.92. The van der Waals surface area contributed by atoms with Crippen molar-refractivity contribution in [2.24, 2.45) is 5.92 Å². The van der Waals surface area contributed by atoms with E-state index in [1.54, 1.807) is 25.4 Å². The van der Waals surface area contributed by atoms with Crippen molar-refractivity contribution >= 4 is 28.2 Å².